The molecule has 1 N–H and O–H groups in total. The molecule has 0 bridgehead atoms. The van der Waals surface area contributed by atoms with Crippen LogP contribution in [0.2, 0.25) is 0 Å². The number of fused-ring (bicyclic) bond motifs is 3. The molecule has 2 saturated heterocycles. The third-order valence-corrected chi connectivity index (χ3v) is 6.14. The predicted octanol–water partition coefficient (Wildman–Crippen LogP) is 1.34. The van der Waals surface area contributed by atoms with Crippen LogP contribution in [-0.2, 0) is 28.6 Å². The second-order valence-electron chi connectivity index (χ2n) is 7.61. The number of carbonyl (C=O) groups is 3. The first-order valence-corrected chi connectivity index (χ1v) is 9.27. The zero-order valence-corrected chi connectivity index (χ0v) is 16.2. The molecule has 0 radical (unpaired) electrons. The first-order valence-electron chi connectivity index (χ1n) is 9.27. The quantitative estimate of drug-likeness (QED) is 0.447. The highest BCUT2D eigenvalue weighted by atomic mass is 16.6. The van der Waals surface area contributed by atoms with Crippen molar-refractivity contribution in [2.24, 2.45) is 17.8 Å². The molecule has 0 aromatic carbocycles. The lowest BCUT2D eigenvalue weighted by Crippen LogP contribution is -2.60. The number of hydrogen-bond donors (Lipinski definition) is 1. The molecule has 0 amide bonds. The summed E-state index contributed by atoms with van der Waals surface area (Å²) >= 11 is 0. The minimum atomic E-state index is -2.06. The Morgan fingerprint density at radius 2 is 1.85 bits per heavy atom. The molecule has 2 heterocycles. The molecule has 3 rings (SSSR count). The molecule has 1 aliphatic carbocycles. The molecule has 7 nitrogen and oxygen atoms in total. The first-order chi connectivity index (χ1) is 12.7. The van der Waals surface area contributed by atoms with Crippen molar-refractivity contribution in [2.75, 3.05) is 0 Å². The molecule has 148 valence electrons. The van der Waals surface area contributed by atoms with E-state index in [4.69, 9.17) is 14.2 Å². The smallest absolute Gasteiger partial charge is 0.333 e. The van der Waals surface area contributed by atoms with Gasteiger partial charge in [0.05, 0.1) is 18.1 Å². The number of hydrogen-bond acceptors (Lipinski definition) is 7. The van der Waals surface area contributed by atoms with Crippen LogP contribution in [0, 0.1) is 17.8 Å². The van der Waals surface area contributed by atoms with Gasteiger partial charge in [0.2, 0.25) is 0 Å². The van der Waals surface area contributed by atoms with Gasteiger partial charge in [-0.3, -0.25) is 9.59 Å². The third-order valence-electron chi connectivity index (χ3n) is 6.14. The SMILES string of the molecule is C/C=C(/C)C(=O)O[C@H]1[C@@H]2OC(=O)[C@H](C)[C@@H]2[C@H]2O[C@H]2[C@H](C)[C@@]1(O)C(=O)/C=C/C. The lowest BCUT2D eigenvalue weighted by atomic mass is 9.77. The summed E-state index contributed by atoms with van der Waals surface area (Å²) in [6, 6.07) is 0. The molecule has 1 saturated carbocycles. The summed E-state index contributed by atoms with van der Waals surface area (Å²) in [5.41, 5.74) is -1.72. The zero-order chi connectivity index (χ0) is 20.1. The number of aliphatic hydroxyl groups is 1. The highest BCUT2D eigenvalue weighted by Gasteiger charge is 2.71. The van der Waals surface area contributed by atoms with Crippen molar-refractivity contribution in [2.45, 2.75) is 64.6 Å². The molecule has 0 aromatic rings. The Morgan fingerprint density at radius 1 is 1.19 bits per heavy atom. The van der Waals surface area contributed by atoms with Crippen molar-refractivity contribution in [1.29, 1.82) is 0 Å². The van der Waals surface area contributed by atoms with Gasteiger partial charge in [0.1, 0.15) is 6.10 Å². The standard InChI is InChI=1S/C20H26O7/c1-6-8-12(21)20(24)11(5)14-15(25-14)13-10(4)19(23)26-16(13)17(20)27-18(22)9(3)7-2/h6-8,10-11,13-17,24H,1-5H3/b8-6+,9-7-/t10-,11+,13-,14+,15-,16-,17+,20-/m1/s1. The van der Waals surface area contributed by atoms with Gasteiger partial charge in [-0.05, 0) is 26.8 Å². The molecular formula is C20H26O7. The van der Waals surface area contributed by atoms with Crippen LogP contribution in [0.1, 0.15) is 34.6 Å². The van der Waals surface area contributed by atoms with Gasteiger partial charge in [-0.2, -0.15) is 0 Å². The van der Waals surface area contributed by atoms with E-state index in [2.05, 4.69) is 0 Å². The van der Waals surface area contributed by atoms with Crippen molar-refractivity contribution in [1.82, 2.24) is 0 Å². The summed E-state index contributed by atoms with van der Waals surface area (Å²) in [7, 11) is 0. The third kappa shape index (κ3) is 2.93. The van der Waals surface area contributed by atoms with Crippen LogP contribution in [-0.4, -0.2) is 52.8 Å². The normalized spacial score (nSPS) is 43.6. The number of ketones is 1. The highest BCUT2D eigenvalue weighted by Crippen LogP contribution is 2.53. The van der Waals surface area contributed by atoms with Crippen LogP contribution in [0.15, 0.2) is 23.8 Å². The van der Waals surface area contributed by atoms with Crippen LogP contribution in [0.5, 0.6) is 0 Å². The Kier molecular flexibility index (Phi) is 5.03. The highest BCUT2D eigenvalue weighted by molar-refractivity contribution is 5.98. The van der Waals surface area contributed by atoms with Gasteiger partial charge < -0.3 is 19.3 Å². The number of allylic oxidation sites excluding steroid dienone is 2. The topological polar surface area (TPSA) is 102 Å². The fourth-order valence-electron chi connectivity index (χ4n) is 4.24. The number of ether oxygens (including phenoxy) is 3. The summed E-state index contributed by atoms with van der Waals surface area (Å²) in [5, 5.41) is 11.5. The summed E-state index contributed by atoms with van der Waals surface area (Å²) in [6.45, 7) is 8.35. The van der Waals surface area contributed by atoms with Gasteiger partial charge in [0, 0.05) is 17.4 Å². The Bertz CT molecular complexity index is 724. The van der Waals surface area contributed by atoms with Crippen LogP contribution < -0.4 is 0 Å². The Balaban J connectivity index is 2.09. The Hall–Kier alpha value is -1.99. The molecule has 0 aromatic heterocycles. The molecule has 27 heavy (non-hydrogen) atoms. The van der Waals surface area contributed by atoms with Crippen LogP contribution in [0.25, 0.3) is 0 Å². The van der Waals surface area contributed by atoms with E-state index < -0.39 is 53.5 Å². The monoisotopic (exact) mass is 378 g/mol. The predicted molar refractivity (Wildman–Crippen MR) is 94.4 cm³/mol. The van der Waals surface area contributed by atoms with Gasteiger partial charge in [-0.25, -0.2) is 4.79 Å². The van der Waals surface area contributed by atoms with Crippen molar-refractivity contribution in [3.63, 3.8) is 0 Å². The summed E-state index contributed by atoms with van der Waals surface area (Å²) in [5.74, 6) is -3.20. The molecule has 3 fully saturated rings. The zero-order valence-electron chi connectivity index (χ0n) is 16.2. The number of esters is 2. The molecule has 0 unspecified atom stereocenters. The lowest BCUT2D eigenvalue weighted by Gasteiger charge is -2.39. The maximum Gasteiger partial charge on any atom is 0.333 e. The largest absolute Gasteiger partial charge is 0.458 e. The van der Waals surface area contributed by atoms with E-state index in [9.17, 15) is 19.5 Å². The minimum Gasteiger partial charge on any atom is -0.458 e. The molecule has 3 aliphatic rings. The second-order valence-corrected chi connectivity index (χ2v) is 7.61. The average Bonchev–Trinajstić information content (AvgIpc) is 3.37. The first kappa shape index (κ1) is 19.8. The molecule has 2 aliphatic heterocycles. The van der Waals surface area contributed by atoms with Crippen LogP contribution in [0.3, 0.4) is 0 Å². The maximum absolute atomic E-state index is 12.9. The van der Waals surface area contributed by atoms with Gasteiger partial charge in [0.15, 0.2) is 17.5 Å². The van der Waals surface area contributed by atoms with Crippen molar-refractivity contribution >= 4 is 17.7 Å². The fraction of sp³-hybridized carbons (Fsp3) is 0.650. The number of rotatable bonds is 4. The molecule has 8 atom stereocenters. The van der Waals surface area contributed by atoms with E-state index in [0.29, 0.717) is 5.57 Å². The Morgan fingerprint density at radius 3 is 2.44 bits per heavy atom. The van der Waals surface area contributed by atoms with Gasteiger partial charge in [-0.15, -0.1) is 0 Å². The Labute approximate surface area is 158 Å². The van der Waals surface area contributed by atoms with Gasteiger partial charge >= 0.3 is 11.9 Å². The average molecular weight is 378 g/mol. The van der Waals surface area contributed by atoms with Crippen LogP contribution in [0.4, 0.5) is 0 Å². The number of epoxide rings is 1. The van der Waals surface area contributed by atoms with E-state index in [-0.39, 0.29) is 12.0 Å². The van der Waals surface area contributed by atoms with E-state index in [0.717, 1.165) is 0 Å². The van der Waals surface area contributed by atoms with Gasteiger partial charge in [0.25, 0.3) is 0 Å². The lowest BCUT2D eigenvalue weighted by molar-refractivity contribution is -0.196. The molecular weight excluding hydrogens is 352 g/mol. The summed E-state index contributed by atoms with van der Waals surface area (Å²) < 4.78 is 16.8. The van der Waals surface area contributed by atoms with E-state index >= 15 is 0 Å². The van der Waals surface area contributed by atoms with E-state index in [1.165, 1.54) is 12.2 Å². The summed E-state index contributed by atoms with van der Waals surface area (Å²) in [6.07, 6.45) is 1.37. The van der Waals surface area contributed by atoms with E-state index in [1.807, 2.05) is 0 Å². The maximum atomic E-state index is 12.9. The molecule has 0 spiro atoms. The minimum absolute atomic E-state index is 0.317. The van der Waals surface area contributed by atoms with E-state index in [1.54, 1.807) is 40.7 Å². The van der Waals surface area contributed by atoms with Gasteiger partial charge in [-0.1, -0.05) is 26.0 Å². The molecule has 7 heteroatoms. The van der Waals surface area contributed by atoms with Crippen molar-refractivity contribution in [3.8, 4) is 0 Å². The summed E-state index contributed by atoms with van der Waals surface area (Å²) in [4.78, 5) is 37.6. The number of carbonyl (C=O) groups excluding carboxylic acids is 3. The fourth-order valence-corrected chi connectivity index (χ4v) is 4.24. The van der Waals surface area contributed by atoms with Crippen molar-refractivity contribution in [3.05, 3.63) is 23.8 Å². The second kappa shape index (κ2) is 6.87. The van der Waals surface area contributed by atoms with Crippen molar-refractivity contribution < 1.29 is 33.7 Å². The van der Waals surface area contributed by atoms with Crippen LogP contribution >= 0.6 is 0 Å².